The minimum absolute atomic E-state index is 0.181. The topological polar surface area (TPSA) is 52.8 Å². The number of ether oxygens (including phenoxy) is 2. The molecule has 0 bridgehead atoms. The molecule has 6 heteroatoms. The first-order chi connectivity index (χ1) is 12.7. The molecule has 134 valence electrons. The van der Waals surface area contributed by atoms with Crippen LogP contribution < -0.4 is 14.3 Å². The van der Waals surface area contributed by atoms with Crippen LogP contribution in [0.2, 0.25) is 0 Å². The van der Waals surface area contributed by atoms with Crippen molar-refractivity contribution in [2.24, 2.45) is 4.99 Å². The molecule has 5 nitrogen and oxygen atoms in total. The summed E-state index contributed by atoms with van der Waals surface area (Å²) in [5, 5.41) is 0. The second-order valence-corrected chi connectivity index (χ2v) is 6.64. The summed E-state index contributed by atoms with van der Waals surface area (Å²) in [7, 11) is 3.20. The van der Waals surface area contributed by atoms with Gasteiger partial charge < -0.3 is 14.0 Å². The number of benzene rings is 2. The molecule has 2 aromatic carbocycles. The Bertz CT molecular complexity index is 1000. The number of methoxy groups -OCH3 is 2. The highest BCUT2D eigenvalue weighted by molar-refractivity contribution is 7.16. The molecule has 0 aliphatic heterocycles. The standard InChI is InChI=1S/C20H20N2O3S/c1-4-10-22-15-12-16(24-2)17(25-3)13-18(15)26-20(22)21-19(23)11-14-8-6-5-7-9-14/h4-9,12-13H,1,10-11H2,2-3H3. The summed E-state index contributed by atoms with van der Waals surface area (Å²) in [5.41, 5.74) is 1.87. The smallest absolute Gasteiger partial charge is 0.252 e. The van der Waals surface area contributed by atoms with Crippen molar-refractivity contribution in [2.45, 2.75) is 13.0 Å². The first-order valence-electron chi connectivity index (χ1n) is 8.14. The highest BCUT2D eigenvalue weighted by atomic mass is 32.1. The molecular weight excluding hydrogens is 348 g/mol. The number of hydrogen-bond acceptors (Lipinski definition) is 4. The second-order valence-electron chi connectivity index (χ2n) is 5.63. The van der Waals surface area contributed by atoms with Gasteiger partial charge in [0.25, 0.3) is 5.91 Å². The monoisotopic (exact) mass is 368 g/mol. The van der Waals surface area contributed by atoms with Crippen molar-refractivity contribution in [1.29, 1.82) is 0 Å². The van der Waals surface area contributed by atoms with E-state index in [1.807, 2.05) is 47.0 Å². The Morgan fingerprint density at radius 3 is 2.54 bits per heavy atom. The van der Waals surface area contributed by atoms with Gasteiger partial charge in [0.05, 0.1) is 30.9 Å². The van der Waals surface area contributed by atoms with E-state index in [2.05, 4.69) is 11.6 Å². The fourth-order valence-electron chi connectivity index (χ4n) is 2.70. The predicted octanol–water partition coefficient (Wildman–Crippen LogP) is 3.58. The zero-order valence-electron chi connectivity index (χ0n) is 14.8. The number of fused-ring (bicyclic) bond motifs is 1. The van der Waals surface area contributed by atoms with Crippen molar-refractivity contribution in [2.75, 3.05) is 14.2 Å². The average Bonchev–Trinajstić information content (AvgIpc) is 2.97. The number of rotatable bonds is 6. The molecule has 0 N–H and O–H groups in total. The third-order valence-electron chi connectivity index (χ3n) is 3.92. The first kappa shape index (κ1) is 17.9. The van der Waals surface area contributed by atoms with Gasteiger partial charge in [0.2, 0.25) is 0 Å². The molecular formula is C20H20N2O3S. The average molecular weight is 368 g/mol. The SMILES string of the molecule is C=CCn1c(=NC(=O)Cc2ccccc2)sc2cc(OC)c(OC)cc21. The van der Waals surface area contributed by atoms with E-state index in [1.54, 1.807) is 20.3 Å². The maximum absolute atomic E-state index is 12.4. The van der Waals surface area contributed by atoms with Crippen LogP contribution in [0.15, 0.2) is 60.1 Å². The van der Waals surface area contributed by atoms with E-state index in [4.69, 9.17) is 9.47 Å². The number of carbonyl (C=O) groups excluding carboxylic acids is 1. The fourth-order valence-corrected chi connectivity index (χ4v) is 3.77. The highest BCUT2D eigenvalue weighted by Crippen LogP contribution is 2.33. The summed E-state index contributed by atoms with van der Waals surface area (Å²) in [6.07, 6.45) is 2.05. The molecule has 0 fully saturated rings. The van der Waals surface area contributed by atoms with E-state index in [1.165, 1.54) is 11.3 Å². The molecule has 26 heavy (non-hydrogen) atoms. The van der Waals surface area contributed by atoms with Crippen LogP contribution in [0.4, 0.5) is 0 Å². The lowest BCUT2D eigenvalue weighted by molar-refractivity contribution is -0.117. The van der Waals surface area contributed by atoms with Gasteiger partial charge in [-0.25, -0.2) is 0 Å². The van der Waals surface area contributed by atoms with Crippen LogP contribution in [-0.4, -0.2) is 24.7 Å². The summed E-state index contributed by atoms with van der Waals surface area (Å²) in [6.45, 7) is 4.36. The fraction of sp³-hybridized carbons (Fsp3) is 0.200. The van der Waals surface area contributed by atoms with Gasteiger partial charge in [-0.2, -0.15) is 4.99 Å². The number of aromatic nitrogens is 1. The number of amides is 1. The van der Waals surface area contributed by atoms with Gasteiger partial charge in [0.15, 0.2) is 16.3 Å². The number of hydrogen-bond donors (Lipinski definition) is 0. The maximum atomic E-state index is 12.4. The van der Waals surface area contributed by atoms with E-state index >= 15 is 0 Å². The van der Waals surface area contributed by atoms with E-state index < -0.39 is 0 Å². The zero-order valence-corrected chi connectivity index (χ0v) is 15.6. The molecule has 1 heterocycles. The molecule has 0 aliphatic carbocycles. The van der Waals surface area contributed by atoms with Crippen molar-refractivity contribution < 1.29 is 14.3 Å². The summed E-state index contributed by atoms with van der Waals surface area (Å²) >= 11 is 1.44. The number of allylic oxidation sites excluding steroid dienone is 1. The van der Waals surface area contributed by atoms with Crippen LogP contribution in [0.3, 0.4) is 0 Å². The lowest BCUT2D eigenvalue weighted by Gasteiger charge is -2.08. The minimum atomic E-state index is -0.181. The second kappa shape index (κ2) is 8.01. The molecule has 0 saturated carbocycles. The molecule has 0 saturated heterocycles. The largest absolute Gasteiger partial charge is 0.493 e. The quantitative estimate of drug-likeness (QED) is 0.625. The third kappa shape index (κ3) is 3.70. The van der Waals surface area contributed by atoms with Crippen molar-refractivity contribution in [3.05, 3.63) is 65.5 Å². The van der Waals surface area contributed by atoms with E-state index in [0.717, 1.165) is 15.8 Å². The molecule has 0 radical (unpaired) electrons. The Hall–Kier alpha value is -2.86. The first-order valence-corrected chi connectivity index (χ1v) is 8.95. The molecule has 1 amide bonds. The van der Waals surface area contributed by atoms with Gasteiger partial charge in [-0.05, 0) is 5.56 Å². The van der Waals surface area contributed by atoms with Crippen molar-refractivity contribution in [3.8, 4) is 11.5 Å². The van der Waals surface area contributed by atoms with E-state index in [0.29, 0.717) is 22.8 Å². The van der Waals surface area contributed by atoms with Gasteiger partial charge in [-0.15, -0.1) is 6.58 Å². The molecule has 0 aliphatic rings. The Labute approximate surface area is 155 Å². The Balaban J connectivity index is 2.07. The molecule has 1 aromatic heterocycles. The van der Waals surface area contributed by atoms with Gasteiger partial charge in [0, 0.05) is 18.7 Å². The van der Waals surface area contributed by atoms with Crippen LogP contribution in [0.5, 0.6) is 11.5 Å². The van der Waals surface area contributed by atoms with Crippen molar-refractivity contribution in [3.63, 3.8) is 0 Å². The summed E-state index contributed by atoms with van der Waals surface area (Å²) in [5.74, 6) is 1.10. The van der Waals surface area contributed by atoms with Crippen molar-refractivity contribution in [1.82, 2.24) is 4.57 Å². The van der Waals surface area contributed by atoms with Crippen LogP contribution >= 0.6 is 11.3 Å². The number of thiazole rings is 1. The lowest BCUT2D eigenvalue weighted by atomic mass is 10.1. The maximum Gasteiger partial charge on any atom is 0.252 e. The normalized spacial score (nSPS) is 11.5. The van der Waals surface area contributed by atoms with Gasteiger partial charge >= 0.3 is 0 Å². The summed E-state index contributed by atoms with van der Waals surface area (Å²) in [4.78, 5) is 17.4. The lowest BCUT2D eigenvalue weighted by Crippen LogP contribution is -2.17. The molecule has 0 atom stereocenters. The van der Waals surface area contributed by atoms with Gasteiger partial charge in [0.1, 0.15) is 0 Å². The van der Waals surface area contributed by atoms with Gasteiger partial charge in [-0.1, -0.05) is 47.7 Å². The highest BCUT2D eigenvalue weighted by Gasteiger charge is 2.13. The van der Waals surface area contributed by atoms with E-state index in [9.17, 15) is 4.79 Å². The van der Waals surface area contributed by atoms with Crippen LogP contribution in [0.1, 0.15) is 5.56 Å². The Morgan fingerprint density at radius 1 is 1.19 bits per heavy atom. The van der Waals surface area contributed by atoms with E-state index in [-0.39, 0.29) is 12.3 Å². The summed E-state index contributed by atoms with van der Waals surface area (Å²) < 4.78 is 13.7. The molecule has 0 spiro atoms. The third-order valence-corrected chi connectivity index (χ3v) is 4.96. The summed E-state index contributed by atoms with van der Waals surface area (Å²) in [6, 6.07) is 13.4. The number of carbonyl (C=O) groups is 1. The molecule has 3 rings (SSSR count). The molecule has 0 unspecified atom stereocenters. The van der Waals surface area contributed by atoms with Gasteiger partial charge in [-0.3, -0.25) is 4.79 Å². The van der Waals surface area contributed by atoms with Crippen LogP contribution in [0.25, 0.3) is 10.2 Å². The Morgan fingerprint density at radius 2 is 1.88 bits per heavy atom. The Kier molecular flexibility index (Phi) is 5.53. The minimum Gasteiger partial charge on any atom is -0.493 e. The van der Waals surface area contributed by atoms with Crippen molar-refractivity contribution >= 4 is 27.5 Å². The van der Waals surface area contributed by atoms with Crippen LogP contribution in [0, 0.1) is 0 Å². The van der Waals surface area contributed by atoms with Crippen LogP contribution in [-0.2, 0) is 17.8 Å². The zero-order chi connectivity index (χ0) is 18.5. The predicted molar refractivity (Wildman–Crippen MR) is 104 cm³/mol. The molecule has 3 aromatic rings. The number of nitrogens with zero attached hydrogens (tertiary/aromatic N) is 2.